The molecule has 1 aliphatic heterocycles. The second-order valence-electron chi connectivity index (χ2n) is 8.10. The van der Waals surface area contributed by atoms with E-state index in [2.05, 4.69) is 25.8 Å². The molecule has 0 bridgehead atoms. The van der Waals surface area contributed by atoms with Gasteiger partial charge in [0.05, 0.1) is 28.4 Å². The second kappa shape index (κ2) is 13.3. The van der Waals surface area contributed by atoms with Gasteiger partial charge in [-0.2, -0.15) is 4.99 Å². The molecule has 0 saturated carbocycles. The minimum Gasteiger partial charge on any atom is -0.493 e. The summed E-state index contributed by atoms with van der Waals surface area (Å²) in [4.78, 5) is 25.1. The lowest BCUT2D eigenvalue weighted by molar-refractivity contribution is 0.100. The Balaban J connectivity index is 0.00000167. The number of aliphatic imine (C=N–C) groups is 1. The van der Waals surface area contributed by atoms with E-state index in [0.717, 1.165) is 60.1 Å². The van der Waals surface area contributed by atoms with E-state index in [0.29, 0.717) is 13.2 Å². The van der Waals surface area contributed by atoms with Crippen molar-refractivity contribution in [3.63, 3.8) is 0 Å². The van der Waals surface area contributed by atoms with Gasteiger partial charge in [0, 0.05) is 38.3 Å². The van der Waals surface area contributed by atoms with Gasteiger partial charge in [-0.1, -0.05) is 19.9 Å². The summed E-state index contributed by atoms with van der Waals surface area (Å²) in [6.45, 7) is 11.6. The quantitative estimate of drug-likeness (QED) is 0.282. The van der Waals surface area contributed by atoms with E-state index < -0.39 is 11.7 Å². The summed E-state index contributed by atoms with van der Waals surface area (Å²) in [5.74, 6) is 0.153. The van der Waals surface area contributed by atoms with Gasteiger partial charge >= 0.3 is 0 Å². The maximum Gasteiger partial charge on any atom is 0.278 e. The second-order valence-corrected chi connectivity index (χ2v) is 9.34. The maximum atomic E-state index is 13.3. The third-order valence-corrected chi connectivity index (χ3v) is 6.46. The van der Waals surface area contributed by atoms with Crippen molar-refractivity contribution in [2.75, 3.05) is 45.9 Å². The van der Waals surface area contributed by atoms with Gasteiger partial charge in [0.15, 0.2) is 0 Å². The number of aromatic nitrogens is 1. The summed E-state index contributed by atoms with van der Waals surface area (Å²) in [5, 5.41) is 1.06. The molecule has 0 radical (unpaired) electrons. The number of rotatable bonds is 8. The number of aryl methyl sites for hydroxylation is 1. The van der Waals surface area contributed by atoms with E-state index in [1.165, 1.54) is 24.3 Å². The molecule has 0 atom stereocenters. The molecule has 7 nitrogen and oxygen atoms in total. The molecule has 188 valence electrons. The first kappa shape index (κ1) is 26.7. The smallest absolute Gasteiger partial charge is 0.278 e. The van der Waals surface area contributed by atoms with Crippen LogP contribution < -0.4 is 10.5 Å². The number of carbonyl (C=O) groups excluding carboxylic acids is 1. The van der Waals surface area contributed by atoms with Crippen LogP contribution in [-0.4, -0.2) is 72.4 Å². The highest BCUT2D eigenvalue weighted by molar-refractivity contribution is 7.18. The number of hydrogen-bond acceptors (Lipinski definition) is 6. The Morgan fingerprint density at radius 1 is 1.14 bits per heavy atom. The van der Waals surface area contributed by atoms with Crippen LogP contribution >= 0.6 is 11.3 Å². The average Bonchev–Trinajstić information content (AvgIpc) is 3.23. The van der Waals surface area contributed by atoms with Crippen molar-refractivity contribution < 1.29 is 13.9 Å². The Morgan fingerprint density at radius 3 is 2.63 bits per heavy atom. The summed E-state index contributed by atoms with van der Waals surface area (Å²) >= 11 is 1.68. The molecule has 1 saturated heterocycles. The number of amidine groups is 1. The standard InChI is InChI=1S/C24H28FN5O2S.C2H6/c1-17-27-21-7-6-20(15-22(21)33-17)32-13-3-8-29-9-11-30(12-10-29)16-23(26)28-24(31)18-4-2-5-19(25)14-18;1-2/h2,4-7,14-15H,3,8-13,16H2,1H3,(H2,26,28,31);1-2H3. The molecule has 1 amide bonds. The van der Waals surface area contributed by atoms with Crippen LogP contribution in [0.3, 0.4) is 0 Å². The third-order valence-electron chi connectivity index (χ3n) is 5.52. The number of piperazine rings is 1. The van der Waals surface area contributed by atoms with Crippen molar-refractivity contribution in [3.05, 3.63) is 58.9 Å². The van der Waals surface area contributed by atoms with Crippen LogP contribution in [0.5, 0.6) is 5.75 Å². The fourth-order valence-electron chi connectivity index (χ4n) is 3.84. The number of benzene rings is 2. The van der Waals surface area contributed by atoms with E-state index >= 15 is 0 Å². The van der Waals surface area contributed by atoms with Gasteiger partial charge in [0.2, 0.25) is 0 Å². The summed E-state index contributed by atoms with van der Waals surface area (Å²) in [5.41, 5.74) is 7.19. The molecule has 1 fully saturated rings. The molecular weight excluding hydrogens is 465 g/mol. The molecule has 3 aromatic rings. The molecule has 1 aromatic heterocycles. The largest absolute Gasteiger partial charge is 0.493 e. The maximum absolute atomic E-state index is 13.3. The first-order chi connectivity index (χ1) is 17.0. The lowest BCUT2D eigenvalue weighted by Crippen LogP contribution is -2.49. The number of thiazole rings is 1. The molecule has 1 aliphatic rings. The van der Waals surface area contributed by atoms with Crippen LogP contribution in [0.2, 0.25) is 0 Å². The molecule has 4 rings (SSSR count). The van der Waals surface area contributed by atoms with Crippen molar-refractivity contribution in [2.24, 2.45) is 10.7 Å². The first-order valence-electron chi connectivity index (χ1n) is 12.0. The number of ether oxygens (including phenoxy) is 1. The summed E-state index contributed by atoms with van der Waals surface area (Å²) < 4.78 is 20.4. The van der Waals surface area contributed by atoms with Gasteiger partial charge in [-0.05, 0) is 49.7 Å². The average molecular weight is 500 g/mol. The van der Waals surface area contributed by atoms with Gasteiger partial charge in [0.25, 0.3) is 5.91 Å². The predicted molar refractivity (Wildman–Crippen MR) is 141 cm³/mol. The molecule has 2 aromatic carbocycles. The highest BCUT2D eigenvalue weighted by Crippen LogP contribution is 2.26. The Bertz CT molecular complexity index is 1140. The van der Waals surface area contributed by atoms with E-state index in [1.54, 1.807) is 11.3 Å². The number of halogens is 1. The van der Waals surface area contributed by atoms with Crippen LogP contribution in [0.25, 0.3) is 10.2 Å². The SMILES string of the molecule is CC.Cc1nc2ccc(OCCCN3CCN(CC(N)=NC(=O)c4cccc(F)c4)CC3)cc2s1. The van der Waals surface area contributed by atoms with Gasteiger partial charge < -0.3 is 15.4 Å². The minimum absolute atomic E-state index is 0.201. The van der Waals surface area contributed by atoms with Gasteiger partial charge in [-0.3, -0.25) is 9.69 Å². The highest BCUT2D eigenvalue weighted by Gasteiger charge is 2.18. The number of nitrogens with zero attached hydrogens (tertiary/aromatic N) is 4. The van der Waals surface area contributed by atoms with E-state index in [9.17, 15) is 9.18 Å². The van der Waals surface area contributed by atoms with Crippen LogP contribution in [0.4, 0.5) is 4.39 Å². The molecule has 0 aliphatic carbocycles. The Kier molecular flexibility index (Phi) is 10.1. The number of nitrogens with two attached hydrogens (primary N) is 1. The number of fused-ring (bicyclic) bond motifs is 1. The zero-order valence-electron chi connectivity index (χ0n) is 20.7. The molecule has 9 heteroatoms. The molecule has 2 N–H and O–H groups in total. The van der Waals surface area contributed by atoms with Crippen molar-refractivity contribution in [3.8, 4) is 5.75 Å². The monoisotopic (exact) mass is 499 g/mol. The molecule has 0 unspecified atom stereocenters. The van der Waals surface area contributed by atoms with Gasteiger partial charge in [-0.25, -0.2) is 9.37 Å². The van der Waals surface area contributed by atoms with E-state index in [4.69, 9.17) is 10.5 Å². The fraction of sp³-hybridized carbons (Fsp3) is 0.423. The third kappa shape index (κ3) is 8.09. The number of carbonyl (C=O) groups is 1. The normalized spacial score (nSPS) is 15.0. The highest BCUT2D eigenvalue weighted by atomic mass is 32.1. The molecule has 35 heavy (non-hydrogen) atoms. The van der Waals surface area contributed by atoms with Crippen LogP contribution in [0.1, 0.15) is 35.6 Å². The minimum atomic E-state index is -0.518. The van der Waals surface area contributed by atoms with Gasteiger partial charge in [-0.15, -0.1) is 11.3 Å². The van der Waals surface area contributed by atoms with E-state index in [1.807, 2.05) is 32.9 Å². The summed E-state index contributed by atoms with van der Waals surface area (Å²) in [7, 11) is 0. The van der Waals surface area contributed by atoms with Crippen molar-refractivity contribution in [1.82, 2.24) is 14.8 Å². The zero-order chi connectivity index (χ0) is 25.2. The van der Waals surface area contributed by atoms with E-state index in [-0.39, 0.29) is 11.4 Å². The first-order valence-corrected chi connectivity index (χ1v) is 12.9. The van der Waals surface area contributed by atoms with Crippen molar-refractivity contribution in [1.29, 1.82) is 0 Å². The van der Waals surface area contributed by atoms with Crippen LogP contribution in [0.15, 0.2) is 47.5 Å². The van der Waals surface area contributed by atoms with Crippen molar-refractivity contribution in [2.45, 2.75) is 27.2 Å². The lowest BCUT2D eigenvalue weighted by atomic mass is 10.2. The number of hydrogen-bond donors (Lipinski definition) is 1. The fourth-order valence-corrected chi connectivity index (χ4v) is 4.70. The zero-order valence-corrected chi connectivity index (χ0v) is 21.5. The topological polar surface area (TPSA) is 84.1 Å². The summed E-state index contributed by atoms with van der Waals surface area (Å²) in [6, 6.07) is 11.5. The Labute approximate surface area is 210 Å². The van der Waals surface area contributed by atoms with Gasteiger partial charge in [0.1, 0.15) is 17.4 Å². The van der Waals surface area contributed by atoms with Crippen LogP contribution in [0, 0.1) is 12.7 Å². The van der Waals surface area contributed by atoms with Crippen LogP contribution in [-0.2, 0) is 0 Å². The Hall–Kier alpha value is -2.88. The molecule has 0 spiro atoms. The lowest BCUT2D eigenvalue weighted by Gasteiger charge is -2.34. The molecular formula is C26H34FN5O2S. The predicted octanol–water partition coefficient (Wildman–Crippen LogP) is 4.35. The Morgan fingerprint density at radius 2 is 1.89 bits per heavy atom. The number of amides is 1. The summed E-state index contributed by atoms with van der Waals surface area (Å²) in [6.07, 6.45) is 0.950. The molecule has 2 heterocycles. The van der Waals surface area contributed by atoms with Crippen molar-refractivity contribution >= 4 is 33.3 Å².